The van der Waals surface area contributed by atoms with Gasteiger partial charge in [0.1, 0.15) is 5.75 Å². The minimum absolute atomic E-state index is 0.143. The zero-order chi connectivity index (χ0) is 22.0. The zero-order valence-corrected chi connectivity index (χ0v) is 19.0. The normalized spacial score (nSPS) is 12.3. The molecule has 9 heteroatoms. The van der Waals surface area contributed by atoms with E-state index in [1.54, 1.807) is 18.2 Å². The summed E-state index contributed by atoms with van der Waals surface area (Å²) >= 11 is 0. The van der Waals surface area contributed by atoms with E-state index in [1.807, 2.05) is 39.8 Å². The fourth-order valence-electron chi connectivity index (χ4n) is 3.17. The molecule has 0 unspecified atom stereocenters. The zero-order valence-electron chi connectivity index (χ0n) is 17.3. The molecule has 0 aliphatic carbocycles. The predicted molar refractivity (Wildman–Crippen MR) is 115 cm³/mol. The number of sulfonamides is 1. The van der Waals surface area contributed by atoms with Gasteiger partial charge in [-0.15, -0.1) is 0 Å². The van der Waals surface area contributed by atoms with Crippen LogP contribution < -0.4 is 9.46 Å². The summed E-state index contributed by atoms with van der Waals surface area (Å²) in [6, 6.07) is 9.22. The Balaban J connectivity index is 2.31. The molecule has 2 aromatic carbocycles. The first-order valence-electron chi connectivity index (χ1n) is 9.13. The smallest absolute Gasteiger partial charge is 0.362 e. The Morgan fingerprint density at radius 2 is 1.69 bits per heavy atom. The van der Waals surface area contributed by atoms with Gasteiger partial charge >= 0.3 is 7.60 Å². The Morgan fingerprint density at radius 1 is 1.10 bits per heavy atom. The monoisotopic (exact) mass is 441 g/mol. The summed E-state index contributed by atoms with van der Waals surface area (Å²) in [5, 5.41) is 0. The second-order valence-corrected chi connectivity index (χ2v) is 10.9. The molecule has 0 saturated carbocycles. The van der Waals surface area contributed by atoms with E-state index >= 15 is 0 Å². The molecule has 0 fully saturated rings. The molecule has 0 bridgehead atoms. The van der Waals surface area contributed by atoms with Crippen molar-refractivity contribution in [2.45, 2.75) is 40.0 Å². The molecular formula is C20H28NO6PS. The van der Waals surface area contributed by atoms with Crippen LogP contribution in [0.2, 0.25) is 0 Å². The van der Waals surface area contributed by atoms with Crippen molar-refractivity contribution in [2.75, 3.05) is 17.3 Å². The van der Waals surface area contributed by atoms with Crippen LogP contribution in [-0.2, 0) is 21.0 Å². The summed E-state index contributed by atoms with van der Waals surface area (Å²) in [6.45, 7) is 7.87. The van der Waals surface area contributed by atoms with Crippen molar-refractivity contribution < 1.29 is 27.5 Å². The standard InChI is InChI=1S/C20H28NO6PS/c1-13(2)18-10-16(6-7-20(18)21-29(5,25)26)11-19-14(3)8-17(9-15(19)4)27-12-28(22,23)24/h6-10,13,21H,11-12H2,1-5H3,(H2,22,23,24). The van der Waals surface area contributed by atoms with Crippen LogP contribution in [0.15, 0.2) is 30.3 Å². The molecular weight excluding hydrogens is 413 g/mol. The van der Waals surface area contributed by atoms with Gasteiger partial charge in [-0.2, -0.15) is 0 Å². The maximum absolute atomic E-state index is 11.6. The first-order valence-corrected chi connectivity index (χ1v) is 12.8. The first-order chi connectivity index (χ1) is 13.2. The van der Waals surface area contributed by atoms with E-state index in [0.717, 1.165) is 34.1 Å². The third-order valence-electron chi connectivity index (χ3n) is 4.48. The van der Waals surface area contributed by atoms with Crippen molar-refractivity contribution >= 4 is 23.3 Å². The lowest BCUT2D eigenvalue weighted by Crippen LogP contribution is -2.12. The van der Waals surface area contributed by atoms with Crippen molar-refractivity contribution in [3.63, 3.8) is 0 Å². The van der Waals surface area contributed by atoms with Crippen molar-refractivity contribution in [3.8, 4) is 5.75 Å². The van der Waals surface area contributed by atoms with E-state index in [9.17, 15) is 13.0 Å². The SMILES string of the molecule is Cc1cc(OCP(=O)(O)O)cc(C)c1Cc1ccc(NS(C)(=O)=O)c(C(C)C)c1. The van der Waals surface area contributed by atoms with Gasteiger partial charge in [0, 0.05) is 0 Å². The van der Waals surface area contributed by atoms with Gasteiger partial charge in [-0.25, -0.2) is 8.42 Å². The fraction of sp³-hybridized carbons (Fsp3) is 0.400. The maximum Gasteiger partial charge on any atom is 0.362 e. The fourth-order valence-corrected chi connectivity index (χ4v) is 4.07. The Hall–Kier alpha value is -1.86. The molecule has 0 radical (unpaired) electrons. The molecule has 2 aromatic rings. The van der Waals surface area contributed by atoms with E-state index in [1.165, 1.54) is 0 Å². The number of anilines is 1. The summed E-state index contributed by atoms with van der Waals surface area (Å²) in [4.78, 5) is 17.9. The van der Waals surface area contributed by atoms with Crippen molar-refractivity contribution in [2.24, 2.45) is 0 Å². The summed E-state index contributed by atoms with van der Waals surface area (Å²) < 4.78 is 42.0. The molecule has 0 aromatic heterocycles. The van der Waals surface area contributed by atoms with Crippen LogP contribution in [0.1, 0.15) is 47.6 Å². The van der Waals surface area contributed by atoms with Gasteiger partial charge in [0.25, 0.3) is 0 Å². The second kappa shape index (κ2) is 8.88. The average Bonchev–Trinajstić information content (AvgIpc) is 2.55. The summed E-state index contributed by atoms with van der Waals surface area (Å²) in [5.41, 5.74) is 5.55. The topological polar surface area (TPSA) is 113 Å². The molecule has 2 rings (SSSR count). The molecule has 0 atom stereocenters. The number of ether oxygens (including phenoxy) is 1. The van der Waals surface area contributed by atoms with Crippen molar-refractivity contribution in [1.29, 1.82) is 0 Å². The van der Waals surface area contributed by atoms with Gasteiger partial charge in [-0.3, -0.25) is 9.29 Å². The van der Waals surface area contributed by atoms with Crippen LogP contribution in [0.3, 0.4) is 0 Å². The number of aryl methyl sites for hydroxylation is 2. The number of rotatable bonds is 8. The molecule has 0 saturated heterocycles. The van der Waals surface area contributed by atoms with Crippen LogP contribution in [0.4, 0.5) is 5.69 Å². The summed E-state index contributed by atoms with van der Waals surface area (Å²) in [5.74, 6) is 0.562. The molecule has 7 nitrogen and oxygen atoms in total. The molecule has 3 N–H and O–H groups in total. The third kappa shape index (κ3) is 7.16. The highest BCUT2D eigenvalue weighted by Crippen LogP contribution is 2.35. The number of benzene rings is 2. The molecule has 29 heavy (non-hydrogen) atoms. The van der Waals surface area contributed by atoms with Gasteiger partial charge in [-0.1, -0.05) is 26.0 Å². The Labute approximate surface area is 172 Å². The molecule has 0 aliphatic rings. The Kier molecular flexibility index (Phi) is 7.17. The van der Waals surface area contributed by atoms with Crippen LogP contribution in [0.5, 0.6) is 5.75 Å². The maximum atomic E-state index is 11.6. The molecule has 0 heterocycles. The van der Waals surface area contributed by atoms with Gasteiger partial charge < -0.3 is 14.5 Å². The second-order valence-electron chi connectivity index (χ2n) is 7.60. The highest BCUT2D eigenvalue weighted by Gasteiger charge is 2.16. The van der Waals surface area contributed by atoms with Crippen LogP contribution in [0.25, 0.3) is 0 Å². The van der Waals surface area contributed by atoms with Crippen molar-refractivity contribution in [1.82, 2.24) is 0 Å². The van der Waals surface area contributed by atoms with Crippen LogP contribution in [0, 0.1) is 13.8 Å². The number of hydrogen-bond acceptors (Lipinski definition) is 4. The largest absolute Gasteiger partial charge is 0.481 e. The van der Waals surface area contributed by atoms with E-state index < -0.39 is 24.0 Å². The lowest BCUT2D eigenvalue weighted by Gasteiger charge is -2.17. The molecule has 0 aliphatic heterocycles. The lowest BCUT2D eigenvalue weighted by atomic mass is 9.92. The summed E-state index contributed by atoms with van der Waals surface area (Å²) in [6.07, 6.45) is 1.13. The summed E-state index contributed by atoms with van der Waals surface area (Å²) in [7, 11) is -7.59. The van der Waals surface area contributed by atoms with Gasteiger partial charge in [-0.05, 0) is 72.2 Å². The Bertz CT molecular complexity index is 1020. The molecule has 0 spiro atoms. The van der Waals surface area contributed by atoms with Gasteiger partial charge in [0.05, 0.1) is 11.9 Å². The minimum Gasteiger partial charge on any atom is -0.481 e. The van der Waals surface area contributed by atoms with E-state index in [2.05, 4.69) is 4.72 Å². The average molecular weight is 441 g/mol. The van der Waals surface area contributed by atoms with E-state index in [0.29, 0.717) is 17.9 Å². The van der Waals surface area contributed by atoms with Gasteiger partial charge in [0.2, 0.25) is 10.0 Å². The highest BCUT2D eigenvalue weighted by atomic mass is 32.2. The van der Waals surface area contributed by atoms with Gasteiger partial charge in [0.15, 0.2) is 6.35 Å². The minimum atomic E-state index is -4.23. The predicted octanol–water partition coefficient (Wildman–Crippen LogP) is 3.90. The molecule has 0 amide bonds. The quantitative estimate of drug-likeness (QED) is 0.536. The lowest BCUT2D eigenvalue weighted by molar-refractivity contribution is 0.300. The number of hydrogen-bond donors (Lipinski definition) is 3. The van der Waals surface area contributed by atoms with Crippen molar-refractivity contribution in [3.05, 3.63) is 58.1 Å². The van der Waals surface area contributed by atoms with E-state index in [-0.39, 0.29) is 5.92 Å². The van der Waals surface area contributed by atoms with Crippen LogP contribution in [-0.4, -0.2) is 30.8 Å². The molecule has 160 valence electrons. The first kappa shape index (κ1) is 23.4. The van der Waals surface area contributed by atoms with Crippen LogP contribution >= 0.6 is 7.60 Å². The third-order valence-corrected chi connectivity index (χ3v) is 5.54. The highest BCUT2D eigenvalue weighted by molar-refractivity contribution is 7.92. The number of nitrogens with one attached hydrogen (secondary N) is 1. The Morgan fingerprint density at radius 3 is 2.17 bits per heavy atom. The van der Waals surface area contributed by atoms with E-state index in [4.69, 9.17) is 14.5 Å².